The zero-order valence-corrected chi connectivity index (χ0v) is 14.6. The molecular formula is C18H22N2O3S. The first-order valence-electron chi connectivity index (χ1n) is 8.11. The van der Waals surface area contributed by atoms with E-state index in [2.05, 4.69) is 9.62 Å². The van der Waals surface area contributed by atoms with Gasteiger partial charge in [0, 0.05) is 19.2 Å². The van der Waals surface area contributed by atoms with Crippen molar-refractivity contribution < 1.29 is 13.2 Å². The van der Waals surface area contributed by atoms with E-state index in [1.165, 1.54) is 6.42 Å². The van der Waals surface area contributed by atoms with Gasteiger partial charge in [0.15, 0.2) is 0 Å². The summed E-state index contributed by atoms with van der Waals surface area (Å²) in [6.45, 7) is 1.85. The lowest BCUT2D eigenvalue weighted by molar-refractivity contribution is 0.414. The van der Waals surface area contributed by atoms with Gasteiger partial charge >= 0.3 is 0 Å². The Morgan fingerprint density at radius 2 is 1.71 bits per heavy atom. The second-order valence-electron chi connectivity index (χ2n) is 5.85. The molecule has 0 radical (unpaired) electrons. The molecule has 0 spiro atoms. The van der Waals surface area contributed by atoms with E-state index in [0.717, 1.165) is 37.4 Å². The van der Waals surface area contributed by atoms with Crippen molar-refractivity contribution in [2.45, 2.75) is 24.2 Å². The van der Waals surface area contributed by atoms with E-state index in [-0.39, 0.29) is 4.90 Å². The van der Waals surface area contributed by atoms with Crippen LogP contribution in [0.15, 0.2) is 53.4 Å². The molecule has 3 rings (SSSR count). The van der Waals surface area contributed by atoms with Gasteiger partial charge in [-0.3, -0.25) is 4.72 Å². The fourth-order valence-corrected chi connectivity index (χ4v) is 4.02. The van der Waals surface area contributed by atoms with Crippen molar-refractivity contribution in [3.05, 3.63) is 48.5 Å². The van der Waals surface area contributed by atoms with Crippen molar-refractivity contribution in [2.24, 2.45) is 0 Å². The second kappa shape index (κ2) is 7.13. The van der Waals surface area contributed by atoms with Gasteiger partial charge < -0.3 is 9.64 Å². The van der Waals surface area contributed by atoms with Crippen LogP contribution in [0.1, 0.15) is 19.3 Å². The summed E-state index contributed by atoms with van der Waals surface area (Å²) in [6.07, 6.45) is 3.44. The Balaban J connectivity index is 1.95. The zero-order chi connectivity index (χ0) is 17.0. The number of sulfonamides is 1. The smallest absolute Gasteiger partial charge is 0.261 e. The van der Waals surface area contributed by atoms with Gasteiger partial charge in [0.25, 0.3) is 10.0 Å². The molecule has 0 unspecified atom stereocenters. The molecule has 6 heteroatoms. The van der Waals surface area contributed by atoms with Gasteiger partial charge in [-0.05, 0) is 43.5 Å². The van der Waals surface area contributed by atoms with Gasteiger partial charge in [-0.25, -0.2) is 8.42 Å². The van der Waals surface area contributed by atoms with Gasteiger partial charge in [0.2, 0.25) is 0 Å². The standard InChI is InChI=1S/C18H22N2O3S/c1-23-15-10-11-17(18(14-15)20-12-6-3-7-13-20)19-24(21,22)16-8-4-2-5-9-16/h2,4-5,8-11,14,19H,3,6-7,12-13H2,1H3. The van der Waals surface area contributed by atoms with Crippen molar-refractivity contribution in [1.29, 1.82) is 0 Å². The number of nitrogens with one attached hydrogen (secondary N) is 1. The molecule has 1 aliphatic rings. The highest BCUT2D eigenvalue weighted by molar-refractivity contribution is 7.92. The molecule has 0 bridgehead atoms. The lowest BCUT2D eigenvalue weighted by Gasteiger charge is -2.31. The molecule has 1 aliphatic heterocycles. The number of hydrogen-bond acceptors (Lipinski definition) is 4. The average molecular weight is 346 g/mol. The summed E-state index contributed by atoms with van der Waals surface area (Å²) in [5.74, 6) is 0.721. The largest absolute Gasteiger partial charge is 0.497 e. The lowest BCUT2D eigenvalue weighted by atomic mass is 10.1. The summed E-state index contributed by atoms with van der Waals surface area (Å²) < 4.78 is 33.3. The normalized spacial score (nSPS) is 15.1. The first-order valence-corrected chi connectivity index (χ1v) is 9.59. The van der Waals surface area contributed by atoms with Crippen LogP contribution >= 0.6 is 0 Å². The van der Waals surface area contributed by atoms with Crippen LogP contribution < -0.4 is 14.4 Å². The summed E-state index contributed by atoms with van der Waals surface area (Å²) in [5, 5.41) is 0. The topological polar surface area (TPSA) is 58.6 Å². The highest BCUT2D eigenvalue weighted by atomic mass is 32.2. The third-order valence-electron chi connectivity index (χ3n) is 4.20. The molecule has 128 valence electrons. The Hall–Kier alpha value is -2.21. The molecule has 0 aromatic heterocycles. The molecular weight excluding hydrogens is 324 g/mol. The molecule has 1 fully saturated rings. The number of benzene rings is 2. The minimum atomic E-state index is -3.61. The third kappa shape index (κ3) is 3.64. The van der Waals surface area contributed by atoms with Crippen LogP contribution in [0, 0.1) is 0 Å². The summed E-state index contributed by atoms with van der Waals surface area (Å²) in [4.78, 5) is 2.47. The van der Waals surface area contributed by atoms with E-state index in [0.29, 0.717) is 5.69 Å². The number of rotatable bonds is 5. The van der Waals surface area contributed by atoms with Gasteiger partial charge in [-0.2, -0.15) is 0 Å². The molecule has 1 N–H and O–H groups in total. The van der Waals surface area contributed by atoms with Gasteiger partial charge in [-0.15, -0.1) is 0 Å². The van der Waals surface area contributed by atoms with Crippen LogP contribution in [0.5, 0.6) is 5.75 Å². The molecule has 1 heterocycles. The molecule has 0 saturated carbocycles. The van der Waals surface area contributed by atoms with E-state index in [9.17, 15) is 8.42 Å². The zero-order valence-electron chi connectivity index (χ0n) is 13.7. The number of nitrogens with zero attached hydrogens (tertiary/aromatic N) is 1. The SMILES string of the molecule is COc1ccc(NS(=O)(=O)c2ccccc2)c(N2CCCCC2)c1. The van der Waals surface area contributed by atoms with Crippen LogP contribution in [0.4, 0.5) is 11.4 Å². The van der Waals surface area contributed by atoms with Crippen LogP contribution in [-0.2, 0) is 10.0 Å². The molecule has 24 heavy (non-hydrogen) atoms. The fourth-order valence-electron chi connectivity index (χ4n) is 2.92. The Morgan fingerprint density at radius 3 is 2.38 bits per heavy atom. The van der Waals surface area contributed by atoms with Crippen molar-refractivity contribution in [3.8, 4) is 5.75 Å². The fraction of sp³-hybridized carbons (Fsp3) is 0.333. The number of piperidine rings is 1. The first-order chi connectivity index (χ1) is 11.6. The first kappa shape index (κ1) is 16.6. The molecule has 1 saturated heterocycles. The molecule has 0 aliphatic carbocycles. The van der Waals surface area contributed by atoms with Crippen molar-refractivity contribution in [1.82, 2.24) is 0 Å². The Bertz CT molecular complexity index is 785. The Morgan fingerprint density at radius 1 is 1.00 bits per heavy atom. The second-order valence-corrected chi connectivity index (χ2v) is 7.53. The van der Waals surface area contributed by atoms with Crippen LogP contribution in [-0.4, -0.2) is 28.6 Å². The van der Waals surface area contributed by atoms with Crippen molar-refractivity contribution >= 4 is 21.4 Å². The molecule has 0 amide bonds. The molecule has 0 atom stereocenters. The maximum absolute atomic E-state index is 12.6. The predicted octanol–water partition coefficient (Wildman–Crippen LogP) is 3.49. The third-order valence-corrected chi connectivity index (χ3v) is 5.58. The summed E-state index contributed by atoms with van der Waals surface area (Å²) in [7, 11) is -2.00. The van der Waals surface area contributed by atoms with E-state index in [1.807, 2.05) is 6.07 Å². The van der Waals surface area contributed by atoms with Gasteiger partial charge in [0.05, 0.1) is 23.4 Å². The van der Waals surface area contributed by atoms with E-state index in [1.54, 1.807) is 49.6 Å². The molecule has 5 nitrogen and oxygen atoms in total. The van der Waals surface area contributed by atoms with Crippen LogP contribution in [0.3, 0.4) is 0 Å². The summed E-state index contributed by atoms with van der Waals surface area (Å²) in [5.41, 5.74) is 1.45. The predicted molar refractivity (Wildman–Crippen MR) is 96.3 cm³/mol. The van der Waals surface area contributed by atoms with Crippen molar-refractivity contribution in [2.75, 3.05) is 29.8 Å². The minimum absolute atomic E-state index is 0.255. The van der Waals surface area contributed by atoms with E-state index >= 15 is 0 Å². The Labute approximate surface area is 143 Å². The number of anilines is 2. The quantitative estimate of drug-likeness (QED) is 0.900. The number of hydrogen-bond donors (Lipinski definition) is 1. The summed E-state index contributed by atoms with van der Waals surface area (Å²) >= 11 is 0. The van der Waals surface area contributed by atoms with Crippen LogP contribution in [0.2, 0.25) is 0 Å². The average Bonchev–Trinajstić information content (AvgIpc) is 2.63. The van der Waals surface area contributed by atoms with Gasteiger partial charge in [0.1, 0.15) is 5.75 Å². The molecule has 2 aromatic carbocycles. The van der Waals surface area contributed by atoms with Crippen LogP contribution in [0.25, 0.3) is 0 Å². The van der Waals surface area contributed by atoms with E-state index in [4.69, 9.17) is 4.74 Å². The number of methoxy groups -OCH3 is 1. The maximum Gasteiger partial charge on any atom is 0.261 e. The van der Waals surface area contributed by atoms with Crippen molar-refractivity contribution in [3.63, 3.8) is 0 Å². The highest BCUT2D eigenvalue weighted by Gasteiger charge is 2.20. The molecule has 2 aromatic rings. The Kier molecular flexibility index (Phi) is 4.94. The maximum atomic E-state index is 12.6. The van der Waals surface area contributed by atoms with Gasteiger partial charge in [-0.1, -0.05) is 18.2 Å². The monoisotopic (exact) mass is 346 g/mol. The van der Waals surface area contributed by atoms with E-state index < -0.39 is 10.0 Å². The number of ether oxygens (including phenoxy) is 1. The lowest BCUT2D eigenvalue weighted by Crippen LogP contribution is -2.30. The summed E-state index contributed by atoms with van der Waals surface area (Å²) in [6, 6.07) is 13.8. The highest BCUT2D eigenvalue weighted by Crippen LogP contribution is 2.33. The minimum Gasteiger partial charge on any atom is -0.497 e.